The summed E-state index contributed by atoms with van der Waals surface area (Å²) in [6.45, 7) is 7.75. The fourth-order valence-electron chi connectivity index (χ4n) is 3.95. The number of sulfonamides is 1. The zero-order valence-corrected chi connectivity index (χ0v) is 20.4. The molecule has 1 atom stereocenters. The Morgan fingerprint density at radius 3 is 2.10 bits per heavy atom. The maximum Gasteiger partial charge on any atom is 0.246 e. The SMILES string of the molecule is Cc1ccc(Cl)cc1N1CCN(C(=O)C(C)N(c2cc(Cl)ccc2C)S(C)(=O)=O)CC1. The van der Waals surface area contributed by atoms with Gasteiger partial charge in [-0.2, -0.15) is 0 Å². The number of amides is 1. The van der Waals surface area contributed by atoms with Crippen LogP contribution in [-0.2, 0) is 14.8 Å². The summed E-state index contributed by atoms with van der Waals surface area (Å²) in [4.78, 5) is 17.2. The largest absolute Gasteiger partial charge is 0.368 e. The van der Waals surface area contributed by atoms with Gasteiger partial charge < -0.3 is 9.80 Å². The number of halogens is 2. The minimum absolute atomic E-state index is 0.229. The van der Waals surface area contributed by atoms with E-state index in [-0.39, 0.29) is 5.91 Å². The number of carbonyl (C=O) groups excluding carboxylic acids is 1. The van der Waals surface area contributed by atoms with Crippen LogP contribution in [0.25, 0.3) is 0 Å². The third-order valence-corrected chi connectivity index (χ3v) is 7.28. The molecule has 0 saturated carbocycles. The van der Waals surface area contributed by atoms with Crippen molar-refractivity contribution in [3.63, 3.8) is 0 Å². The van der Waals surface area contributed by atoms with Gasteiger partial charge in [-0.25, -0.2) is 8.42 Å². The Hall–Kier alpha value is -1.96. The Kier molecular flexibility index (Phi) is 7.08. The summed E-state index contributed by atoms with van der Waals surface area (Å²) in [5, 5.41) is 1.09. The minimum Gasteiger partial charge on any atom is -0.368 e. The first-order valence-electron chi connectivity index (χ1n) is 10.0. The third kappa shape index (κ3) is 5.27. The smallest absolute Gasteiger partial charge is 0.246 e. The van der Waals surface area contributed by atoms with Crippen molar-refractivity contribution < 1.29 is 13.2 Å². The molecule has 0 N–H and O–H groups in total. The molecule has 0 aromatic heterocycles. The van der Waals surface area contributed by atoms with E-state index in [2.05, 4.69) is 4.90 Å². The van der Waals surface area contributed by atoms with E-state index < -0.39 is 16.1 Å². The summed E-state index contributed by atoms with van der Waals surface area (Å²) in [5.74, 6) is -0.229. The summed E-state index contributed by atoms with van der Waals surface area (Å²) in [7, 11) is -3.70. The summed E-state index contributed by atoms with van der Waals surface area (Å²) < 4.78 is 26.4. The Morgan fingerprint density at radius 2 is 1.52 bits per heavy atom. The molecule has 3 rings (SSSR count). The number of carbonyl (C=O) groups is 1. The molecular formula is C22H27Cl2N3O3S. The van der Waals surface area contributed by atoms with Gasteiger partial charge in [0.15, 0.2) is 0 Å². The number of piperazine rings is 1. The van der Waals surface area contributed by atoms with Crippen molar-refractivity contribution in [2.24, 2.45) is 0 Å². The molecule has 0 aliphatic carbocycles. The van der Waals surface area contributed by atoms with Crippen molar-refractivity contribution >= 4 is 50.5 Å². The molecule has 1 aliphatic rings. The highest BCUT2D eigenvalue weighted by molar-refractivity contribution is 7.92. The molecule has 1 saturated heterocycles. The fourth-order valence-corrected chi connectivity index (χ4v) is 5.50. The molecule has 1 amide bonds. The maximum atomic E-state index is 13.3. The van der Waals surface area contributed by atoms with Gasteiger partial charge in [-0.3, -0.25) is 9.10 Å². The van der Waals surface area contributed by atoms with Gasteiger partial charge in [0.1, 0.15) is 6.04 Å². The van der Waals surface area contributed by atoms with Crippen LogP contribution in [0.3, 0.4) is 0 Å². The Labute approximate surface area is 194 Å². The van der Waals surface area contributed by atoms with Crippen LogP contribution in [-0.4, -0.2) is 57.7 Å². The van der Waals surface area contributed by atoms with Crippen LogP contribution in [0.5, 0.6) is 0 Å². The molecule has 1 unspecified atom stereocenters. The summed E-state index contributed by atoms with van der Waals surface area (Å²) >= 11 is 12.3. The fraction of sp³-hybridized carbons (Fsp3) is 0.409. The first-order chi connectivity index (χ1) is 14.5. The number of benzene rings is 2. The molecule has 168 valence electrons. The molecule has 1 heterocycles. The van der Waals surface area contributed by atoms with E-state index in [0.29, 0.717) is 41.9 Å². The molecule has 9 heteroatoms. The van der Waals surface area contributed by atoms with Crippen LogP contribution >= 0.6 is 23.2 Å². The number of anilines is 2. The lowest BCUT2D eigenvalue weighted by Crippen LogP contribution is -2.55. The molecule has 0 spiro atoms. The van der Waals surface area contributed by atoms with Crippen molar-refractivity contribution in [2.45, 2.75) is 26.8 Å². The van der Waals surface area contributed by atoms with Crippen LogP contribution in [0.1, 0.15) is 18.1 Å². The predicted octanol–water partition coefficient (Wildman–Crippen LogP) is 4.11. The van der Waals surface area contributed by atoms with Gasteiger partial charge in [0.05, 0.1) is 11.9 Å². The summed E-state index contributed by atoms with van der Waals surface area (Å²) in [6, 6.07) is 9.93. The van der Waals surface area contributed by atoms with Gasteiger partial charge in [-0.05, 0) is 56.2 Å². The highest BCUT2D eigenvalue weighted by atomic mass is 35.5. The second kappa shape index (κ2) is 9.27. The van der Waals surface area contributed by atoms with Crippen molar-refractivity contribution in [1.82, 2.24) is 4.90 Å². The van der Waals surface area contributed by atoms with Gasteiger partial charge >= 0.3 is 0 Å². The van der Waals surface area contributed by atoms with E-state index in [4.69, 9.17) is 23.2 Å². The molecule has 31 heavy (non-hydrogen) atoms. The molecule has 1 fully saturated rings. The quantitative estimate of drug-likeness (QED) is 0.641. The van der Waals surface area contributed by atoms with E-state index in [1.165, 1.54) is 4.31 Å². The van der Waals surface area contributed by atoms with E-state index in [9.17, 15) is 13.2 Å². The zero-order valence-electron chi connectivity index (χ0n) is 18.1. The lowest BCUT2D eigenvalue weighted by atomic mass is 10.1. The van der Waals surface area contributed by atoms with Crippen molar-refractivity contribution in [1.29, 1.82) is 0 Å². The van der Waals surface area contributed by atoms with Crippen LogP contribution in [0.4, 0.5) is 11.4 Å². The summed E-state index contributed by atoms with van der Waals surface area (Å²) in [5.41, 5.74) is 3.33. The number of nitrogens with zero attached hydrogens (tertiary/aromatic N) is 3. The van der Waals surface area contributed by atoms with Gasteiger partial charge in [-0.1, -0.05) is 35.3 Å². The highest BCUT2D eigenvalue weighted by Crippen LogP contribution is 2.29. The van der Waals surface area contributed by atoms with Crippen molar-refractivity contribution in [3.8, 4) is 0 Å². The zero-order chi connectivity index (χ0) is 22.9. The second-order valence-electron chi connectivity index (χ2n) is 7.91. The second-order valence-corrected chi connectivity index (χ2v) is 10.6. The molecule has 0 radical (unpaired) electrons. The first-order valence-corrected chi connectivity index (χ1v) is 12.6. The molecule has 6 nitrogen and oxygen atoms in total. The van der Waals surface area contributed by atoms with E-state index in [0.717, 1.165) is 23.1 Å². The van der Waals surface area contributed by atoms with Gasteiger partial charge in [-0.15, -0.1) is 0 Å². The topological polar surface area (TPSA) is 60.9 Å². The predicted molar refractivity (Wildman–Crippen MR) is 128 cm³/mol. The lowest BCUT2D eigenvalue weighted by Gasteiger charge is -2.39. The maximum absolute atomic E-state index is 13.3. The lowest BCUT2D eigenvalue weighted by molar-refractivity contribution is -0.132. The number of hydrogen-bond donors (Lipinski definition) is 0. The van der Waals surface area contributed by atoms with Crippen LogP contribution in [0, 0.1) is 13.8 Å². The highest BCUT2D eigenvalue weighted by Gasteiger charge is 2.34. The van der Waals surface area contributed by atoms with Crippen molar-refractivity contribution in [3.05, 3.63) is 57.6 Å². The monoisotopic (exact) mass is 483 g/mol. The van der Waals surface area contributed by atoms with E-state index in [1.54, 1.807) is 36.9 Å². The standard InChI is InChI=1S/C22H27Cl2N3O3S/c1-15-5-7-18(23)13-20(15)25-9-11-26(12-10-25)22(28)17(3)27(31(4,29)30)21-14-19(24)8-6-16(21)2/h5-8,13-14,17H,9-12H2,1-4H3. The minimum atomic E-state index is -3.70. The Morgan fingerprint density at radius 1 is 0.968 bits per heavy atom. The number of aryl methyl sites for hydroxylation is 2. The Bertz CT molecular complexity index is 1080. The van der Waals surface area contributed by atoms with Gasteiger partial charge in [0.25, 0.3) is 0 Å². The van der Waals surface area contributed by atoms with E-state index in [1.807, 2.05) is 25.1 Å². The molecular weight excluding hydrogens is 457 g/mol. The Balaban J connectivity index is 1.79. The molecule has 2 aromatic rings. The third-order valence-electron chi connectivity index (χ3n) is 5.58. The number of rotatable bonds is 5. The van der Waals surface area contributed by atoms with E-state index >= 15 is 0 Å². The normalized spacial score (nSPS) is 15.7. The number of hydrogen-bond acceptors (Lipinski definition) is 4. The van der Waals surface area contributed by atoms with Crippen molar-refractivity contribution in [2.75, 3.05) is 41.6 Å². The summed E-state index contributed by atoms with van der Waals surface area (Å²) in [6.07, 6.45) is 1.11. The van der Waals surface area contributed by atoms with Gasteiger partial charge in [0.2, 0.25) is 15.9 Å². The average Bonchev–Trinajstić information content (AvgIpc) is 2.71. The van der Waals surface area contributed by atoms with Gasteiger partial charge in [0, 0.05) is 41.9 Å². The van der Waals surface area contributed by atoms with Crippen LogP contribution in [0.15, 0.2) is 36.4 Å². The molecule has 2 aromatic carbocycles. The average molecular weight is 484 g/mol. The molecule has 1 aliphatic heterocycles. The van der Waals surface area contributed by atoms with Crippen LogP contribution in [0.2, 0.25) is 10.0 Å². The van der Waals surface area contributed by atoms with Crippen LogP contribution < -0.4 is 9.21 Å². The first kappa shape index (κ1) is 23.7. The molecule has 0 bridgehead atoms.